The summed E-state index contributed by atoms with van der Waals surface area (Å²) in [6, 6.07) is 7.28. The Hall–Kier alpha value is -1.60. The molecule has 1 aromatic rings. The molecule has 0 saturated carbocycles. The van der Waals surface area contributed by atoms with E-state index in [2.05, 4.69) is 21.3 Å². The Labute approximate surface area is 108 Å². The monoisotopic (exact) mass is 242 g/mol. The molecule has 2 fully saturated rings. The Bertz CT molecular complexity index is 459. The fraction of sp³-hybridized carbons (Fsp3) is 0.571. The lowest BCUT2D eigenvalue weighted by molar-refractivity contribution is 0.482. The summed E-state index contributed by atoms with van der Waals surface area (Å²) in [5.41, 5.74) is 1.57. The van der Waals surface area contributed by atoms with Crippen LogP contribution in [0.25, 0.3) is 0 Å². The van der Waals surface area contributed by atoms with Crippen molar-refractivity contribution < 1.29 is 0 Å². The van der Waals surface area contributed by atoms with E-state index >= 15 is 0 Å². The zero-order valence-electron chi connectivity index (χ0n) is 10.5. The summed E-state index contributed by atoms with van der Waals surface area (Å²) in [5, 5.41) is 12.8. The van der Waals surface area contributed by atoms with Crippen LogP contribution in [-0.4, -0.2) is 30.2 Å². The predicted molar refractivity (Wildman–Crippen MR) is 70.3 cm³/mol. The number of hydrogen-bond acceptors (Lipinski definition) is 4. The molecule has 2 aliphatic rings. The van der Waals surface area contributed by atoms with E-state index in [4.69, 9.17) is 0 Å². The molecule has 4 heteroatoms. The number of nitriles is 1. The molecule has 94 valence electrons. The minimum absolute atomic E-state index is 0.531. The Morgan fingerprint density at radius 3 is 3.11 bits per heavy atom. The number of rotatable bonds is 2. The molecule has 3 rings (SSSR count). The maximum atomic E-state index is 9.18. The molecule has 2 saturated heterocycles. The molecule has 0 bridgehead atoms. The molecule has 0 aromatic carbocycles. The van der Waals surface area contributed by atoms with Gasteiger partial charge in [0.1, 0.15) is 6.07 Å². The van der Waals surface area contributed by atoms with Crippen molar-refractivity contribution in [1.29, 1.82) is 5.26 Å². The summed E-state index contributed by atoms with van der Waals surface area (Å²) in [4.78, 5) is 6.56. The first kappa shape index (κ1) is 11.5. The van der Waals surface area contributed by atoms with Gasteiger partial charge in [0, 0.05) is 24.8 Å². The zero-order valence-corrected chi connectivity index (χ0v) is 10.5. The molecule has 0 spiro atoms. The van der Waals surface area contributed by atoms with Gasteiger partial charge in [-0.1, -0.05) is 0 Å². The van der Waals surface area contributed by atoms with E-state index in [9.17, 15) is 5.26 Å². The van der Waals surface area contributed by atoms with Crippen molar-refractivity contribution in [2.75, 3.05) is 18.0 Å². The van der Waals surface area contributed by atoms with E-state index in [1.165, 1.54) is 25.7 Å². The highest BCUT2D eigenvalue weighted by Crippen LogP contribution is 2.31. The summed E-state index contributed by atoms with van der Waals surface area (Å²) >= 11 is 0. The van der Waals surface area contributed by atoms with Crippen molar-refractivity contribution in [2.24, 2.45) is 0 Å². The predicted octanol–water partition coefficient (Wildman–Crippen LogP) is 1.67. The van der Waals surface area contributed by atoms with Gasteiger partial charge in [-0.2, -0.15) is 5.26 Å². The molecular weight excluding hydrogens is 224 g/mol. The van der Waals surface area contributed by atoms with Gasteiger partial charge in [-0.15, -0.1) is 0 Å². The second kappa shape index (κ2) is 4.95. The smallest absolute Gasteiger partial charge is 0.163 e. The van der Waals surface area contributed by atoms with Crippen molar-refractivity contribution in [2.45, 2.75) is 37.8 Å². The van der Waals surface area contributed by atoms with Crippen molar-refractivity contribution >= 4 is 5.69 Å². The van der Waals surface area contributed by atoms with E-state index in [-0.39, 0.29) is 0 Å². The van der Waals surface area contributed by atoms with E-state index < -0.39 is 0 Å². The van der Waals surface area contributed by atoms with E-state index in [1.807, 2.05) is 12.1 Å². The average Bonchev–Trinajstić information content (AvgIpc) is 3.09. The summed E-state index contributed by atoms with van der Waals surface area (Å²) in [7, 11) is 0. The topological polar surface area (TPSA) is 52.0 Å². The van der Waals surface area contributed by atoms with Gasteiger partial charge in [0.25, 0.3) is 0 Å². The van der Waals surface area contributed by atoms with Crippen molar-refractivity contribution in [1.82, 2.24) is 10.3 Å². The van der Waals surface area contributed by atoms with Gasteiger partial charge in [0.15, 0.2) is 5.69 Å². The average molecular weight is 242 g/mol. The van der Waals surface area contributed by atoms with Gasteiger partial charge in [0.2, 0.25) is 0 Å². The van der Waals surface area contributed by atoms with Crippen LogP contribution in [0, 0.1) is 11.3 Å². The highest BCUT2D eigenvalue weighted by atomic mass is 15.2. The van der Waals surface area contributed by atoms with Crippen LogP contribution in [0.2, 0.25) is 0 Å². The van der Waals surface area contributed by atoms with Gasteiger partial charge in [-0.3, -0.25) is 0 Å². The van der Waals surface area contributed by atoms with E-state index in [0.29, 0.717) is 17.8 Å². The SMILES string of the molecule is N#Cc1ncccc1N1CCCC1C1CCCN1. The van der Waals surface area contributed by atoms with Crippen LogP contribution in [0.4, 0.5) is 5.69 Å². The molecule has 1 N–H and O–H groups in total. The van der Waals surface area contributed by atoms with Crippen LogP contribution in [-0.2, 0) is 0 Å². The molecule has 0 radical (unpaired) electrons. The molecule has 0 aliphatic carbocycles. The maximum absolute atomic E-state index is 9.18. The summed E-state index contributed by atoms with van der Waals surface area (Å²) in [6.07, 6.45) is 6.65. The van der Waals surface area contributed by atoms with Gasteiger partial charge in [0.05, 0.1) is 5.69 Å². The van der Waals surface area contributed by atoms with Gasteiger partial charge >= 0.3 is 0 Å². The molecule has 4 nitrogen and oxygen atoms in total. The normalized spacial score (nSPS) is 27.4. The van der Waals surface area contributed by atoms with E-state index in [1.54, 1.807) is 6.20 Å². The Morgan fingerprint density at radius 1 is 1.39 bits per heavy atom. The lowest BCUT2D eigenvalue weighted by Crippen LogP contribution is -2.44. The van der Waals surface area contributed by atoms with Crippen molar-refractivity contribution in [3.8, 4) is 6.07 Å². The third kappa shape index (κ3) is 1.95. The largest absolute Gasteiger partial charge is 0.365 e. The highest BCUT2D eigenvalue weighted by molar-refractivity contribution is 5.57. The molecule has 0 amide bonds. The Morgan fingerprint density at radius 2 is 2.33 bits per heavy atom. The Kier molecular flexibility index (Phi) is 3.16. The molecule has 2 unspecified atom stereocenters. The third-order valence-corrected chi connectivity index (χ3v) is 4.06. The maximum Gasteiger partial charge on any atom is 0.163 e. The van der Waals surface area contributed by atoms with Gasteiger partial charge in [-0.05, 0) is 44.4 Å². The highest BCUT2D eigenvalue weighted by Gasteiger charge is 2.34. The minimum Gasteiger partial charge on any atom is -0.365 e. The van der Waals surface area contributed by atoms with Crippen molar-refractivity contribution in [3.63, 3.8) is 0 Å². The fourth-order valence-electron chi connectivity index (χ4n) is 3.26. The molecule has 18 heavy (non-hydrogen) atoms. The number of nitrogens with zero attached hydrogens (tertiary/aromatic N) is 3. The van der Waals surface area contributed by atoms with Crippen LogP contribution >= 0.6 is 0 Å². The first-order valence-electron chi connectivity index (χ1n) is 6.75. The van der Waals surface area contributed by atoms with Crippen LogP contribution in [0.3, 0.4) is 0 Å². The summed E-state index contributed by atoms with van der Waals surface area (Å²) < 4.78 is 0. The zero-order chi connectivity index (χ0) is 12.4. The summed E-state index contributed by atoms with van der Waals surface area (Å²) in [5.74, 6) is 0. The quantitative estimate of drug-likeness (QED) is 0.857. The standard InChI is InChI=1S/C14H18N4/c15-10-12-14(5-2-8-17-12)18-9-3-6-13(18)11-4-1-7-16-11/h2,5,8,11,13,16H,1,3-4,6-7,9H2. The fourth-order valence-corrected chi connectivity index (χ4v) is 3.26. The van der Waals surface area contributed by atoms with Crippen molar-refractivity contribution in [3.05, 3.63) is 24.0 Å². The summed E-state index contributed by atoms with van der Waals surface area (Å²) in [6.45, 7) is 2.18. The molecule has 2 atom stereocenters. The number of anilines is 1. The molecule has 3 heterocycles. The molecular formula is C14H18N4. The first-order valence-corrected chi connectivity index (χ1v) is 6.75. The molecule has 1 aromatic heterocycles. The first-order chi connectivity index (χ1) is 8.90. The van der Waals surface area contributed by atoms with Crippen LogP contribution in [0.1, 0.15) is 31.4 Å². The number of hydrogen-bond donors (Lipinski definition) is 1. The lowest BCUT2D eigenvalue weighted by atomic mass is 10.0. The Balaban J connectivity index is 1.88. The van der Waals surface area contributed by atoms with E-state index in [0.717, 1.165) is 18.8 Å². The minimum atomic E-state index is 0.531. The van der Waals surface area contributed by atoms with Gasteiger partial charge in [-0.25, -0.2) is 4.98 Å². The second-order valence-electron chi connectivity index (χ2n) is 5.09. The number of aromatic nitrogens is 1. The number of nitrogens with one attached hydrogen (secondary N) is 1. The second-order valence-corrected chi connectivity index (χ2v) is 5.09. The lowest BCUT2D eigenvalue weighted by Gasteiger charge is -2.31. The van der Waals surface area contributed by atoms with Crippen LogP contribution in [0.5, 0.6) is 0 Å². The number of pyridine rings is 1. The van der Waals surface area contributed by atoms with Gasteiger partial charge < -0.3 is 10.2 Å². The third-order valence-electron chi connectivity index (χ3n) is 4.06. The van der Waals surface area contributed by atoms with Crippen LogP contribution in [0.15, 0.2) is 18.3 Å². The molecule has 2 aliphatic heterocycles. The van der Waals surface area contributed by atoms with Crippen LogP contribution < -0.4 is 10.2 Å².